The lowest BCUT2D eigenvalue weighted by atomic mass is 10.1. The van der Waals surface area contributed by atoms with E-state index >= 15 is 0 Å². The molecule has 0 radical (unpaired) electrons. The third kappa shape index (κ3) is 2.08. The fourth-order valence-electron chi connectivity index (χ4n) is 1.72. The van der Waals surface area contributed by atoms with Gasteiger partial charge < -0.3 is 5.11 Å². The lowest BCUT2D eigenvalue weighted by molar-refractivity contribution is 0.0690. The Kier molecular flexibility index (Phi) is 2.57. The van der Waals surface area contributed by atoms with E-state index in [0.29, 0.717) is 5.69 Å². The molecule has 1 aromatic carbocycles. The van der Waals surface area contributed by atoms with Gasteiger partial charge >= 0.3 is 5.97 Å². The van der Waals surface area contributed by atoms with Crippen LogP contribution in [-0.2, 0) is 0 Å². The van der Waals surface area contributed by atoms with Crippen LogP contribution < -0.4 is 0 Å². The summed E-state index contributed by atoms with van der Waals surface area (Å²) in [5, 5.41) is 23.4. The Balaban J connectivity index is 2.01. The molecule has 0 fully saturated rings. The lowest BCUT2D eigenvalue weighted by Gasteiger charge is -2.01. The predicted octanol–water partition coefficient (Wildman–Crippen LogP) is 1.36. The molecular formula is C12H9N5O2. The molecule has 94 valence electrons. The van der Waals surface area contributed by atoms with Crippen molar-refractivity contribution in [2.75, 3.05) is 0 Å². The van der Waals surface area contributed by atoms with E-state index in [1.54, 1.807) is 12.4 Å². The predicted molar refractivity (Wildman–Crippen MR) is 65.9 cm³/mol. The number of rotatable bonds is 3. The first-order valence-electron chi connectivity index (χ1n) is 5.50. The van der Waals surface area contributed by atoms with E-state index in [4.69, 9.17) is 5.11 Å². The second-order valence-electron chi connectivity index (χ2n) is 3.84. The molecule has 0 saturated heterocycles. The molecule has 0 amide bonds. The molecule has 3 aromatic rings. The second-order valence-corrected chi connectivity index (χ2v) is 3.84. The number of hydrogen-bond acceptors (Lipinski definition) is 4. The molecule has 0 aliphatic carbocycles. The van der Waals surface area contributed by atoms with E-state index in [0.717, 1.165) is 11.3 Å². The van der Waals surface area contributed by atoms with Crippen LogP contribution in [0, 0.1) is 0 Å². The fraction of sp³-hybridized carbons (Fsp3) is 0. The van der Waals surface area contributed by atoms with E-state index in [1.165, 1.54) is 10.9 Å². The number of aromatic nitrogens is 5. The monoisotopic (exact) mass is 255 g/mol. The van der Waals surface area contributed by atoms with Gasteiger partial charge in [-0.25, -0.2) is 4.79 Å². The summed E-state index contributed by atoms with van der Waals surface area (Å²) in [5.41, 5.74) is 2.19. The van der Waals surface area contributed by atoms with E-state index in [2.05, 4.69) is 20.4 Å². The summed E-state index contributed by atoms with van der Waals surface area (Å²) >= 11 is 0. The van der Waals surface area contributed by atoms with Crippen molar-refractivity contribution < 1.29 is 9.90 Å². The number of nitrogens with one attached hydrogen (secondary N) is 1. The highest BCUT2D eigenvalue weighted by atomic mass is 16.4. The Labute approximate surface area is 107 Å². The zero-order chi connectivity index (χ0) is 13.2. The number of aromatic amines is 1. The maximum atomic E-state index is 10.8. The standard InChI is InChI=1S/C12H9N5O2/c18-12(19)11-7-10(15-16-11)8-2-1-3-9(6-8)17-13-4-5-14-17/h1-7H,(H,15,16)(H,18,19). The molecule has 2 aromatic heterocycles. The molecule has 7 heteroatoms. The molecular weight excluding hydrogens is 246 g/mol. The van der Waals surface area contributed by atoms with E-state index in [1.807, 2.05) is 24.3 Å². The highest BCUT2D eigenvalue weighted by molar-refractivity contribution is 5.86. The smallest absolute Gasteiger partial charge is 0.353 e. The topological polar surface area (TPSA) is 96.7 Å². The zero-order valence-corrected chi connectivity index (χ0v) is 9.69. The Bertz CT molecular complexity index is 717. The van der Waals surface area contributed by atoms with Gasteiger partial charge in [0, 0.05) is 5.56 Å². The minimum absolute atomic E-state index is 0.0533. The van der Waals surface area contributed by atoms with Crippen molar-refractivity contribution >= 4 is 5.97 Å². The van der Waals surface area contributed by atoms with E-state index in [9.17, 15) is 4.79 Å². The van der Waals surface area contributed by atoms with Crippen LogP contribution in [0.5, 0.6) is 0 Å². The fourth-order valence-corrected chi connectivity index (χ4v) is 1.72. The zero-order valence-electron chi connectivity index (χ0n) is 9.69. The van der Waals surface area contributed by atoms with Gasteiger partial charge in [0.05, 0.1) is 23.8 Å². The van der Waals surface area contributed by atoms with Crippen molar-refractivity contribution in [1.82, 2.24) is 25.2 Å². The minimum Gasteiger partial charge on any atom is -0.477 e. The Morgan fingerprint density at radius 1 is 1.21 bits per heavy atom. The minimum atomic E-state index is -1.04. The third-order valence-corrected chi connectivity index (χ3v) is 2.60. The largest absolute Gasteiger partial charge is 0.477 e. The van der Waals surface area contributed by atoms with E-state index < -0.39 is 5.97 Å². The first-order valence-corrected chi connectivity index (χ1v) is 5.50. The molecule has 0 atom stereocenters. The lowest BCUT2D eigenvalue weighted by Crippen LogP contribution is -1.98. The average Bonchev–Trinajstić information content (AvgIpc) is 3.10. The summed E-state index contributed by atoms with van der Waals surface area (Å²) in [6.07, 6.45) is 3.17. The van der Waals surface area contributed by atoms with Gasteiger partial charge in [-0.15, -0.1) is 0 Å². The van der Waals surface area contributed by atoms with Crippen LogP contribution in [0.15, 0.2) is 42.7 Å². The molecule has 2 N–H and O–H groups in total. The molecule has 0 aliphatic rings. The van der Waals surface area contributed by atoms with Crippen molar-refractivity contribution in [3.8, 4) is 16.9 Å². The molecule has 19 heavy (non-hydrogen) atoms. The van der Waals surface area contributed by atoms with Gasteiger partial charge in [-0.05, 0) is 18.2 Å². The van der Waals surface area contributed by atoms with Crippen LogP contribution in [0.3, 0.4) is 0 Å². The molecule has 0 spiro atoms. The molecule has 7 nitrogen and oxygen atoms in total. The number of H-pyrrole nitrogens is 1. The molecule has 0 saturated carbocycles. The van der Waals surface area contributed by atoms with Gasteiger partial charge in [0.1, 0.15) is 5.69 Å². The summed E-state index contributed by atoms with van der Waals surface area (Å²) in [6.45, 7) is 0. The quantitative estimate of drug-likeness (QED) is 0.736. The number of nitrogens with zero attached hydrogens (tertiary/aromatic N) is 4. The SMILES string of the molecule is O=C(O)c1cc(-c2cccc(-n3nccn3)c2)n[nH]1. The number of carboxylic acid groups (broad SMARTS) is 1. The van der Waals surface area contributed by atoms with Crippen LogP contribution in [0.25, 0.3) is 16.9 Å². The number of benzene rings is 1. The Morgan fingerprint density at radius 2 is 2.00 bits per heavy atom. The highest BCUT2D eigenvalue weighted by Crippen LogP contribution is 2.20. The normalized spacial score (nSPS) is 10.5. The molecule has 0 aliphatic heterocycles. The van der Waals surface area contributed by atoms with Gasteiger partial charge in [0.25, 0.3) is 0 Å². The van der Waals surface area contributed by atoms with Crippen LogP contribution in [0.2, 0.25) is 0 Å². The van der Waals surface area contributed by atoms with Crippen LogP contribution >= 0.6 is 0 Å². The van der Waals surface area contributed by atoms with Gasteiger partial charge in [0.2, 0.25) is 0 Å². The maximum Gasteiger partial charge on any atom is 0.353 e. The van der Waals surface area contributed by atoms with Crippen LogP contribution in [0.4, 0.5) is 0 Å². The molecule has 3 rings (SSSR count). The average molecular weight is 255 g/mol. The second kappa shape index (κ2) is 4.37. The van der Waals surface area contributed by atoms with Gasteiger partial charge in [-0.3, -0.25) is 5.10 Å². The summed E-state index contributed by atoms with van der Waals surface area (Å²) < 4.78 is 0. The van der Waals surface area contributed by atoms with Crippen molar-refractivity contribution in [3.05, 3.63) is 48.4 Å². The highest BCUT2D eigenvalue weighted by Gasteiger charge is 2.10. The third-order valence-electron chi connectivity index (χ3n) is 2.60. The number of aromatic carboxylic acids is 1. The number of carbonyl (C=O) groups is 1. The number of hydrogen-bond donors (Lipinski definition) is 2. The van der Waals surface area contributed by atoms with Crippen molar-refractivity contribution in [1.29, 1.82) is 0 Å². The first kappa shape index (κ1) is 11.1. The molecule has 0 unspecified atom stereocenters. The maximum absolute atomic E-state index is 10.8. The van der Waals surface area contributed by atoms with Crippen LogP contribution in [0.1, 0.15) is 10.5 Å². The van der Waals surface area contributed by atoms with Crippen molar-refractivity contribution in [2.45, 2.75) is 0 Å². The molecule has 0 bridgehead atoms. The first-order chi connectivity index (χ1) is 9.24. The summed E-state index contributed by atoms with van der Waals surface area (Å²) in [5.74, 6) is -1.04. The summed E-state index contributed by atoms with van der Waals surface area (Å²) in [4.78, 5) is 12.3. The summed E-state index contributed by atoms with van der Waals surface area (Å²) in [7, 11) is 0. The van der Waals surface area contributed by atoms with Gasteiger partial charge in [-0.2, -0.15) is 20.1 Å². The number of carboxylic acids is 1. The Hall–Kier alpha value is -2.96. The van der Waals surface area contributed by atoms with Gasteiger partial charge in [0.15, 0.2) is 0 Å². The van der Waals surface area contributed by atoms with Crippen molar-refractivity contribution in [2.24, 2.45) is 0 Å². The Morgan fingerprint density at radius 3 is 2.68 bits per heavy atom. The molecule has 2 heterocycles. The van der Waals surface area contributed by atoms with Gasteiger partial charge in [-0.1, -0.05) is 12.1 Å². The van der Waals surface area contributed by atoms with Crippen LogP contribution in [-0.4, -0.2) is 36.3 Å². The van der Waals surface area contributed by atoms with Crippen molar-refractivity contribution in [3.63, 3.8) is 0 Å². The summed E-state index contributed by atoms with van der Waals surface area (Å²) in [6, 6.07) is 8.85. The van der Waals surface area contributed by atoms with E-state index in [-0.39, 0.29) is 5.69 Å².